The lowest BCUT2D eigenvalue weighted by Crippen LogP contribution is -2.25. The number of hydrogen-bond acceptors (Lipinski definition) is 2. The maximum Gasteiger partial charge on any atom is 0.254 e. The average Bonchev–Trinajstić information content (AvgIpc) is 2.63. The summed E-state index contributed by atoms with van der Waals surface area (Å²) in [4.78, 5) is 11.8. The van der Waals surface area contributed by atoms with Crippen LogP contribution in [0.25, 0.3) is 0 Å². The number of aryl methyl sites for hydroxylation is 2. The van der Waals surface area contributed by atoms with Gasteiger partial charge in [0.25, 0.3) is 5.91 Å². The molecule has 0 radical (unpaired) electrons. The highest BCUT2D eigenvalue weighted by molar-refractivity contribution is 6.18. The fourth-order valence-electron chi connectivity index (χ4n) is 1.68. The summed E-state index contributed by atoms with van der Waals surface area (Å²) < 4.78 is 5.32. The number of alkyl halides is 1. The van der Waals surface area contributed by atoms with E-state index in [9.17, 15) is 4.79 Å². The van der Waals surface area contributed by atoms with Crippen molar-refractivity contribution >= 4 is 17.5 Å². The van der Waals surface area contributed by atoms with Gasteiger partial charge in [0.2, 0.25) is 0 Å². The van der Waals surface area contributed by atoms with Gasteiger partial charge in [-0.2, -0.15) is 0 Å². The number of halogens is 1. The molecule has 0 bridgehead atoms. The number of nitrogens with one attached hydrogen (secondary N) is 1. The molecule has 0 saturated carbocycles. The van der Waals surface area contributed by atoms with Gasteiger partial charge < -0.3 is 9.73 Å². The third kappa shape index (κ3) is 4.43. The Labute approximate surface area is 108 Å². The van der Waals surface area contributed by atoms with Crippen molar-refractivity contribution in [1.29, 1.82) is 0 Å². The van der Waals surface area contributed by atoms with Crippen LogP contribution in [0.15, 0.2) is 10.5 Å². The van der Waals surface area contributed by atoms with Crippen molar-refractivity contribution in [2.75, 3.05) is 12.4 Å². The summed E-state index contributed by atoms with van der Waals surface area (Å²) in [6, 6.07) is 1.77. The molecule has 0 saturated heterocycles. The lowest BCUT2D eigenvalue weighted by atomic mass is 10.1. The zero-order chi connectivity index (χ0) is 12.8. The van der Waals surface area contributed by atoms with E-state index < -0.39 is 0 Å². The van der Waals surface area contributed by atoms with Gasteiger partial charge in [0, 0.05) is 12.4 Å². The summed E-state index contributed by atoms with van der Waals surface area (Å²) in [6.45, 7) is 6.44. The van der Waals surface area contributed by atoms with E-state index in [4.69, 9.17) is 16.0 Å². The first-order valence-corrected chi connectivity index (χ1v) is 6.49. The predicted molar refractivity (Wildman–Crippen MR) is 69.6 cm³/mol. The van der Waals surface area contributed by atoms with Crippen molar-refractivity contribution < 1.29 is 9.21 Å². The number of rotatable bonds is 6. The molecule has 0 aliphatic rings. The topological polar surface area (TPSA) is 42.2 Å². The maximum absolute atomic E-state index is 11.8. The zero-order valence-electron chi connectivity index (χ0n) is 10.7. The van der Waals surface area contributed by atoms with Crippen LogP contribution in [-0.2, 0) is 0 Å². The van der Waals surface area contributed by atoms with Gasteiger partial charge in [-0.25, -0.2) is 0 Å². The van der Waals surface area contributed by atoms with E-state index in [1.165, 1.54) is 0 Å². The highest BCUT2D eigenvalue weighted by atomic mass is 35.5. The fraction of sp³-hybridized carbons (Fsp3) is 0.615. The summed E-state index contributed by atoms with van der Waals surface area (Å²) in [5, 5.41) is 2.89. The van der Waals surface area contributed by atoms with Crippen molar-refractivity contribution in [1.82, 2.24) is 5.32 Å². The minimum atomic E-state index is -0.0575. The average molecular weight is 258 g/mol. The fourth-order valence-corrected chi connectivity index (χ4v) is 1.84. The van der Waals surface area contributed by atoms with Crippen molar-refractivity contribution in [3.63, 3.8) is 0 Å². The molecule has 1 unspecified atom stereocenters. The van der Waals surface area contributed by atoms with Crippen molar-refractivity contribution in [2.45, 2.75) is 33.6 Å². The molecule has 17 heavy (non-hydrogen) atoms. The number of carbonyl (C=O) groups is 1. The first-order chi connectivity index (χ1) is 8.04. The van der Waals surface area contributed by atoms with Gasteiger partial charge in [0.15, 0.2) is 0 Å². The smallest absolute Gasteiger partial charge is 0.254 e. The number of furan rings is 1. The van der Waals surface area contributed by atoms with Crippen LogP contribution in [0.5, 0.6) is 0 Å². The molecule has 96 valence electrons. The molecule has 4 heteroatoms. The second kappa shape index (κ2) is 6.70. The van der Waals surface area contributed by atoms with Crippen molar-refractivity contribution in [3.05, 3.63) is 23.2 Å². The van der Waals surface area contributed by atoms with Gasteiger partial charge in [-0.05, 0) is 38.7 Å². The Morgan fingerprint density at radius 1 is 1.53 bits per heavy atom. The van der Waals surface area contributed by atoms with Crippen LogP contribution in [0.2, 0.25) is 0 Å². The van der Waals surface area contributed by atoms with E-state index in [-0.39, 0.29) is 5.91 Å². The van der Waals surface area contributed by atoms with Crippen LogP contribution in [-0.4, -0.2) is 18.3 Å². The van der Waals surface area contributed by atoms with E-state index in [2.05, 4.69) is 12.2 Å². The molecule has 1 rings (SSSR count). The first kappa shape index (κ1) is 14.1. The summed E-state index contributed by atoms with van der Waals surface area (Å²) in [6.07, 6.45) is 1.99. The molecule has 0 aliphatic carbocycles. The molecule has 1 aromatic rings. The first-order valence-electron chi connectivity index (χ1n) is 5.95. The second-order valence-electron chi connectivity index (χ2n) is 4.48. The highest BCUT2D eigenvalue weighted by Gasteiger charge is 2.12. The standard InChI is InChI=1S/C13H20ClNO2/c1-9(8-14)5-4-6-15-13(16)12-7-10(2)17-11(12)3/h7,9H,4-6,8H2,1-3H3,(H,15,16). The van der Waals surface area contributed by atoms with E-state index in [1.54, 1.807) is 13.0 Å². The van der Waals surface area contributed by atoms with E-state index in [1.807, 2.05) is 6.92 Å². The molecular formula is C13H20ClNO2. The Morgan fingerprint density at radius 2 is 2.24 bits per heavy atom. The third-order valence-corrected chi connectivity index (χ3v) is 3.24. The Kier molecular flexibility index (Phi) is 5.56. The van der Waals surface area contributed by atoms with Crippen LogP contribution < -0.4 is 5.32 Å². The van der Waals surface area contributed by atoms with E-state index >= 15 is 0 Å². The van der Waals surface area contributed by atoms with E-state index in [0.29, 0.717) is 29.7 Å². The van der Waals surface area contributed by atoms with Crippen LogP contribution in [0, 0.1) is 19.8 Å². The Bertz CT molecular complexity index is 373. The summed E-state index contributed by atoms with van der Waals surface area (Å²) in [5.41, 5.74) is 0.632. The number of carbonyl (C=O) groups excluding carboxylic acids is 1. The monoisotopic (exact) mass is 257 g/mol. The third-order valence-electron chi connectivity index (χ3n) is 2.71. The summed E-state index contributed by atoms with van der Waals surface area (Å²) in [7, 11) is 0. The van der Waals surface area contributed by atoms with E-state index in [0.717, 1.165) is 18.6 Å². The van der Waals surface area contributed by atoms with Gasteiger partial charge in [0.1, 0.15) is 11.5 Å². The summed E-state index contributed by atoms with van der Waals surface area (Å²) in [5.74, 6) is 2.57. The lowest BCUT2D eigenvalue weighted by molar-refractivity contribution is 0.0951. The molecule has 1 heterocycles. The predicted octanol–water partition coefficient (Wildman–Crippen LogP) is 3.28. The van der Waals surface area contributed by atoms with Crippen molar-refractivity contribution in [2.24, 2.45) is 5.92 Å². The van der Waals surface area contributed by atoms with Gasteiger partial charge in [0.05, 0.1) is 5.56 Å². The molecular weight excluding hydrogens is 238 g/mol. The summed E-state index contributed by atoms with van der Waals surface area (Å²) >= 11 is 5.71. The Hall–Kier alpha value is -0.960. The van der Waals surface area contributed by atoms with Crippen molar-refractivity contribution in [3.8, 4) is 0 Å². The molecule has 1 amide bonds. The van der Waals surface area contributed by atoms with Gasteiger partial charge >= 0.3 is 0 Å². The van der Waals surface area contributed by atoms with Gasteiger partial charge in [-0.1, -0.05) is 6.92 Å². The highest BCUT2D eigenvalue weighted by Crippen LogP contribution is 2.13. The molecule has 0 aromatic carbocycles. The molecule has 1 atom stereocenters. The molecule has 3 nitrogen and oxygen atoms in total. The minimum Gasteiger partial charge on any atom is -0.466 e. The Morgan fingerprint density at radius 3 is 2.76 bits per heavy atom. The molecule has 0 aliphatic heterocycles. The van der Waals surface area contributed by atoms with Gasteiger partial charge in [-0.15, -0.1) is 11.6 Å². The Balaban J connectivity index is 2.33. The number of hydrogen-bond donors (Lipinski definition) is 1. The normalized spacial score (nSPS) is 12.5. The van der Waals surface area contributed by atoms with Crippen LogP contribution >= 0.6 is 11.6 Å². The lowest BCUT2D eigenvalue weighted by Gasteiger charge is -2.07. The largest absolute Gasteiger partial charge is 0.466 e. The maximum atomic E-state index is 11.8. The van der Waals surface area contributed by atoms with Crippen LogP contribution in [0.4, 0.5) is 0 Å². The molecule has 1 aromatic heterocycles. The number of amides is 1. The SMILES string of the molecule is Cc1cc(C(=O)NCCCC(C)CCl)c(C)o1. The second-order valence-corrected chi connectivity index (χ2v) is 4.79. The minimum absolute atomic E-state index is 0.0575. The zero-order valence-corrected chi connectivity index (χ0v) is 11.4. The molecule has 0 fully saturated rings. The van der Waals surface area contributed by atoms with Crippen LogP contribution in [0.1, 0.15) is 41.6 Å². The molecule has 0 spiro atoms. The van der Waals surface area contributed by atoms with Crippen LogP contribution in [0.3, 0.4) is 0 Å². The molecule has 1 N–H and O–H groups in total. The quantitative estimate of drug-likeness (QED) is 0.628. The van der Waals surface area contributed by atoms with Gasteiger partial charge in [-0.3, -0.25) is 4.79 Å².